The van der Waals surface area contributed by atoms with Crippen molar-refractivity contribution in [1.82, 2.24) is 0 Å². The maximum atomic E-state index is 11.1. The normalized spacial score (nSPS) is 16.6. The van der Waals surface area contributed by atoms with Gasteiger partial charge in [-0.15, -0.1) is 0 Å². The number of hydrogen-bond donors (Lipinski definition) is 2. The molecule has 0 aliphatic carbocycles. The molecule has 19 heavy (non-hydrogen) atoms. The van der Waals surface area contributed by atoms with Crippen LogP contribution in [0.5, 0.6) is 11.5 Å². The molecule has 0 spiro atoms. The molecule has 6 nitrogen and oxygen atoms in total. The van der Waals surface area contributed by atoms with Crippen molar-refractivity contribution in [2.75, 3.05) is 20.3 Å². The number of nitrogens with two attached hydrogens (primary N) is 1. The van der Waals surface area contributed by atoms with E-state index in [4.69, 9.17) is 15.2 Å². The van der Waals surface area contributed by atoms with Crippen LogP contribution in [0.15, 0.2) is 18.2 Å². The number of aliphatic hydroxyl groups is 1. The van der Waals surface area contributed by atoms with Gasteiger partial charge in [0.2, 0.25) is 0 Å². The van der Waals surface area contributed by atoms with Gasteiger partial charge < -0.3 is 25.1 Å². The molecule has 0 amide bonds. The highest BCUT2D eigenvalue weighted by molar-refractivity contribution is 5.70. The quantitative estimate of drug-likeness (QED) is 0.766. The summed E-state index contributed by atoms with van der Waals surface area (Å²) in [6, 6.07) is 4.37. The SMILES string of the molecule is COC(=O)CC(N)C(O)c1ccc2c(c1)OCCO2. The van der Waals surface area contributed by atoms with Crippen LogP contribution in [0.25, 0.3) is 0 Å². The first-order valence-electron chi connectivity index (χ1n) is 6.02. The number of carbonyl (C=O) groups excluding carboxylic acids is 1. The van der Waals surface area contributed by atoms with Crippen LogP contribution in [0.4, 0.5) is 0 Å². The second-order valence-electron chi connectivity index (χ2n) is 4.29. The summed E-state index contributed by atoms with van der Waals surface area (Å²) >= 11 is 0. The van der Waals surface area contributed by atoms with Crippen LogP contribution in [0.2, 0.25) is 0 Å². The lowest BCUT2D eigenvalue weighted by Gasteiger charge is -2.22. The number of benzene rings is 1. The van der Waals surface area contributed by atoms with E-state index in [2.05, 4.69) is 4.74 Å². The molecular weight excluding hydrogens is 250 g/mol. The van der Waals surface area contributed by atoms with Crippen LogP contribution in [-0.4, -0.2) is 37.4 Å². The molecule has 0 radical (unpaired) electrons. The van der Waals surface area contributed by atoms with Gasteiger partial charge in [-0.2, -0.15) is 0 Å². The maximum Gasteiger partial charge on any atom is 0.307 e. The van der Waals surface area contributed by atoms with Crippen LogP contribution < -0.4 is 15.2 Å². The van der Waals surface area contributed by atoms with E-state index in [0.29, 0.717) is 30.3 Å². The van der Waals surface area contributed by atoms with Crippen molar-refractivity contribution in [3.05, 3.63) is 23.8 Å². The lowest BCUT2D eigenvalue weighted by Crippen LogP contribution is -2.31. The van der Waals surface area contributed by atoms with Crippen LogP contribution in [-0.2, 0) is 9.53 Å². The number of carbonyl (C=O) groups is 1. The molecule has 2 atom stereocenters. The third kappa shape index (κ3) is 3.15. The predicted molar refractivity (Wildman–Crippen MR) is 67.0 cm³/mol. The standard InChI is InChI=1S/C13H17NO5/c1-17-12(15)7-9(14)13(16)8-2-3-10-11(6-8)19-5-4-18-10/h2-3,6,9,13,16H,4-5,7,14H2,1H3. The Bertz CT molecular complexity index is 462. The summed E-state index contributed by atoms with van der Waals surface area (Å²) in [5.74, 6) is 0.765. The first-order chi connectivity index (χ1) is 9.11. The van der Waals surface area contributed by atoms with Gasteiger partial charge in [0.1, 0.15) is 13.2 Å². The molecule has 6 heteroatoms. The maximum absolute atomic E-state index is 11.1. The summed E-state index contributed by atoms with van der Waals surface area (Å²) in [5.41, 5.74) is 6.36. The van der Waals surface area contributed by atoms with Crippen molar-refractivity contribution >= 4 is 5.97 Å². The van der Waals surface area contributed by atoms with E-state index < -0.39 is 18.1 Å². The molecule has 0 aromatic heterocycles. The fourth-order valence-corrected chi connectivity index (χ4v) is 1.88. The van der Waals surface area contributed by atoms with Gasteiger partial charge in [0.05, 0.1) is 19.6 Å². The van der Waals surface area contributed by atoms with Gasteiger partial charge in [0, 0.05) is 6.04 Å². The van der Waals surface area contributed by atoms with E-state index in [1.54, 1.807) is 18.2 Å². The van der Waals surface area contributed by atoms with E-state index in [9.17, 15) is 9.90 Å². The minimum atomic E-state index is -0.963. The highest BCUT2D eigenvalue weighted by atomic mass is 16.6. The number of rotatable bonds is 4. The molecule has 1 aliphatic rings. The number of ether oxygens (including phenoxy) is 3. The largest absolute Gasteiger partial charge is 0.486 e. The van der Waals surface area contributed by atoms with E-state index in [0.717, 1.165) is 0 Å². The number of fused-ring (bicyclic) bond motifs is 1. The van der Waals surface area contributed by atoms with Crippen LogP contribution in [0.1, 0.15) is 18.1 Å². The summed E-state index contributed by atoms with van der Waals surface area (Å²) in [4.78, 5) is 11.1. The monoisotopic (exact) mass is 267 g/mol. The summed E-state index contributed by atoms with van der Waals surface area (Å²) in [5, 5.41) is 10.1. The molecule has 0 fully saturated rings. The third-order valence-electron chi connectivity index (χ3n) is 2.94. The second kappa shape index (κ2) is 5.90. The van der Waals surface area contributed by atoms with Gasteiger partial charge >= 0.3 is 5.97 Å². The Hall–Kier alpha value is -1.79. The van der Waals surface area contributed by atoms with Crippen molar-refractivity contribution in [2.24, 2.45) is 5.73 Å². The molecule has 3 N–H and O–H groups in total. The van der Waals surface area contributed by atoms with E-state index in [1.807, 2.05) is 0 Å². The number of esters is 1. The molecule has 1 heterocycles. The molecule has 0 saturated heterocycles. The Morgan fingerprint density at radius 1 is 1.42 bits per heavy atom. The zero-order chi connectivity index (χ0) is 13.8. The zero-order valence-corrected chi connectivity index (χ0v) is 10.7. The Kier molecular flexibility index (Phi) is 4.24. The molecule has 1 aromatic carbocycles. The van der Waals surface area contributed by atoms with Crippen LogP contribution >= 0.6 is 0 Å². The summed E-state index contributed by atoms with van der Waals surface area (Å²) in [6.07, 6.45) is -1.01. The first-order valence-corrected chi connectivity index (χ1v) is 6.02. The fourth-order valence-electron chi connectivity index (χ4n) is 1.88. The molecule has 0 saturated carbocycles. The average molecular weight is 267 g/mol. The minimum absolute atomic E-state index is 0.0495. The molecule has 1 aliphatic heterocycles. The highest BCUT2D eigenvalue weighted by Gasteiger charge is 2.22. The van der Waals surface area contributed by atoms with Crippen molar-refractivity contribution in [1.29, 1.82) is 0 Å². The van der Waals surface area contributed by atoms with Gasteiger partial charge in [-0.05, 0) is 17.7 Å². The van der Waals surface area contributed by atoms with Crippen molar-refractivity contribution in [3.63, 3.8) is 0 Å². The lowest BCUT2D eigenvalue weighted by atomic mass is 10.00. The Balaban J connectivity index is 2.10. The lowest BCUT2D eigenvalue weighted by molar-refractivity contribution is -0.141. The minimum Gasteiger partial charge on any atom is -0.486 e. The molecule has 2 rings (SSSR count). The van der Waals surface area contributed by atoms with Gasteiger partial charge in [-0.3, -0.25) is 4.79 Å². The van der Waals surface area contributed by atoms with E-state index >= 15 is 0 Å². The predicted octanol–water partition coefficient (Wildman–Crippen LogP) is 0.382. The smallest absolute Gasteiger partial charge is 0.307 e. The molecule has 0 bridgehead atoms. The molecule has 104 valence electrons. The fraction of sp³-hybridized carbons (Fsp3) is 0.462. The third-order valence-corrected chi connectivity index (χ3v) is 2.94. The van der Waals surface area contributed by atoms with E-state index in [-0.39, 0.29) is 6.42 Å². The Morgan fingerprint density at radius 2 is 2.11 bits per heavy atom. The van der Waals surface area contributed by atoms with Gasteiger partial charge in [0.25, 0.3) is 0 Å². The molecule has 1 aromatic rings. The topological polar surface area (TPSA) is 91.0 Å². The van der Waals surface area contributed by atoms with Crippen LogP contribution in [0.3, 0.4) is 0 Å². The highest BCUT2D eigenvalue weighted by Crippen LogP contribution is 2.33. The van der Waals surface area contributed by atoms with Crippen molar-refractivity contribution < 1.29 is 24.1 Å². The molecular formula is C13H17NO5. The van der Waals surface area contributed by atoms with Gasteiger partial charge in [-0.1, -0.05) is 6.07 Å². The Labute approximate surface area is 111 Å². The first kappa shape index (κ1) is 13.6. The molecule has 2 unspecified atom stereocenters. The summed E-state index contributed by atoms with van der Waals surface area (Å²) in [6.45, 7) is 0.984. The second-order valence-corrected chi connectivity index (χ2v) is 4.29. The number of aliphatic hydroxyl groups excluding tert-OH is 1. The Morgan fingerprint density at radius 3 is 2.79 bits per heavy atom. The average Bonchev–Trinajstić information content (AvgIpc) is 2.45. The van der Waals surface area contributed by atoms with Gasteiger partial charge in [-0.25, -0.2) is 0 Å². The zero-order valence-electron chi connectivity index (χ0n) is 10.7. The summed E-state index contributed by atoms with van der Waals surface area (Å²) in [7, 11) is 1.28. The summed E-state index contributed by atoms with van der Waals surface area (Å²) < 4.78 is 15.3. The van der Waals surface area contributed by atoms with Crippen molar-refractivity contribution in [3.8, 4) is 11.5 Å². The van der Waals surface area contributed by atoms with E-state index in [1.165, 1.54) is 7.11 Å². The van der Waals surface area contributed by atoms with Crippen molar-refractivity contribution in [2.45, 2.75) is 18.6 Å². The van der Waals surface area contributed by atoms with Crippen LogP contribution in [0, 0.1) is 0 Å². The number of hydrogen-bond acceptors (Lipinski definition) is 6. The number of methoxy groups -OCH3 is 1. The van der Waals surface area contributed by atoms with Gasteiger partial charge in [0.15, 0.2) is 11.5 Å².